The first-order valence-electron chi connectivity index (χ1n) is 6.97. The number of nitrogens with zero attached hydrogens (tertiary/aromatic N) is 2. The summed E-state index contributed by atoms with van der Waals surface area (Å²) in [5, 5.41) is 0.124. The summed E-state index contributed by atoms with van der Waals surface area (Å²) in [5.74, 6) is 1.62. The van der Waals surface area contributed by atoms with Crippen LogP contribution in [-0.4, -0.2) is 34.8 Å². The van der Waals surface area contributed by atoms with Crippen LogP contribution < -0.4 is 4.74 Å². The molecule has 0 radical (unpaired) electrons. The van der Waals surface area contributed by atoms with E-state index in [0.717, 1.165) is 23.5 Å². The first-order valence-corrected chi connectivity index (χ1v) is 8.02. The summed E-state index contributed by atoms with van der Waals surface area (Å²) in [5.41, 5.74) is 2.15. The van der Waals surface area contributed by atoms with Crippen molar-refractivity contribution in [2.45, 2.75) is 12.3 Å². The number of amides is 1. The standard InChI is InChI=1S/C16H18N2O2S/c1-3-18-15(19)11-21-16(18)12-8-9-17(10-12)13-6-4-5-7-14(13)20-2/h4-10,16H,3,11H2,1-2H3/t16-/m1/s1. The van der Waals surface area contributed by atoms with Gasteiger partial charge in [-0.2, -0.15) is 0 Å². The fourth-order valence-corrected chi connectivity index (χ4v) is 3.87. The molecular formula is C16H18N2O2S. The molecule has 1 fully saturated rings. The Morgan fingerprint density at radius 2 is 2.14 bits per heavy atom. The van der Waals surface area contributed by atoms with Crippen LogP contribution in [0.25, 0.3) is 5.69 Å². The zero-order valence-electron chi connectivity index (χ0n) is 12.2. The average Bonchev–Trinajstić information content (AvgIpc) is 3.13. The molecule has 1 saturated heterocycles. The van der Waals surface area contributed by atoms with Gasteiger partial charge in [0.15, 0.2) is 0 Å². The van der Waals surface area contributed by atoms with Crippen LogP contribution in [0.1, 0.15) is 17.9 Å². The molecule has 1 amide bonds. The molecule has 1 aliphatic heterocycles. The number of carbonyl (C=O) groups is 1. The zero-order chi connectivity index (χ0) is 14.8. The number of benzene rings is 1. The second-order valence-electron chi connectivity index (χ2n) is 4.87. The Kier molecular flexibility index (Phi) is 3.92. The molecule has 1 aromatic carbocycles. The van der Waals surface area contributed by atoms with Crippen LogP contribution in [0, 0.1) is 0 Å². The molecule has 21 heavy (non-hydrogen) atoms. The fourth-order valence-electron chi connectivity index (χ4n) is 2.62. The molecule has 2 aromatic rings. The summed E-state index contributed by atoms with van der Waals surface area (Å²) < 4.78 is 7.45. The maximum atomic E-state index is 11.8. The molecule has 0 spiro atoms. The van der Waals surface area contributed by atoms with E-state index in [2.05, 4.69) is 12.3 Å². The summed E-state index contributed by atoms with van der Waals surface area (Å²) in [4.78, 5) is 13.8. The summed E-state index contributed by atoms with van der Waals surface area (Å²) in [6.45, 7) is 2.77. The van der Waals surface area contributed by atoms with Crippen molar-refractivity contribution >= 4 is 17.7 Å². The molecule has 1 aromatic heterocycles. The molecule has 0 bridgehead atoms. The third-order valence-electron chi connectivity index (χ3n) is 3.67. The number of methoxy groups -OCH3 is 1. The summed E-state index contributed by atoms with van der Waals surface area (Å²) in [6.07, 6.45) is 4.10. The summed E-state index contributed by atoms with van der Waals surface area (Å²) in [6, 6.07) is 9.99. The lowest BCUT2D eigenvalue weighted by Gasteiger charge is -2.21. The summed E-state index contributed by atoms with van der Waals surface area (Å²) >= 11 is 1.69. The number of rotatable bonds is 4. The van der Waals surface area contributed by atoms with Gasteiger partial charge in [-0.15, -0.1) is 11.8 Å². The van der Waals surface area contributed by atoms with Crippen LogP contribution in [0.3, 0.4) is 0 Å². The summed E-state index contributed by atoms with van der Waals surface area (Å²) in [7, 11) is 1.67. The van der Waals surface area contributed by atoms with E-state index in [1.54, 1.807) is 18.9 Å². The minimum atomic E-state index is 0.124. The topological polar surface area (TPSA) is 34.5 Å². The smallest absolute Gasteiger partial charge is 0.233 e. The van der Waals surface area contributed by atoms with Crippen LogP contribution in [0.2, 0.25) is 0 Å². The van der Waals surface area contributed by atoms with Gasteiger partial charge in [0.05, 0.1) is 18.6 Å². The number of thioether (sulfide) groups is 1. The van der Waals surface area contributed by atoms with Gasteiger partial charge < -0.3 is 14.2 Å². The first kappa shape index (κ1) is 14.1. The Morgan fingerprint density at radius 1 is 1.33 bits per heavy atom. The lowest BCUT2D eigenvalue weighted by Crippen LogP contribution is -2.27. The van der Waals surface area contributed by atoms with Crippen molar-refractivity contribution in [3.63, 3.8) is 0 Å². The van der Waals surface area contributed by atoms with E-state index in [1.165, 1.54) is 0 Å². The van der Waals surface area contributed by atoms with E-state index >= 15 is 0 Å². The Labute approximate surface area is 128 Å². The lowest BCUT2D eigenvalue weighted by molar-refractivity contribution is -0.127. The van der Waals surface area contributed by atoms with Crippen LogP contribution >= 0.6 is 11.8 Å². The van der Waals surface area contributed by atoms with Crippen LogP contribution in [0.15, 0.2) is 42.7 Å². The number of para-hydroxylation sites is 2. The van der Waals surface area contributed by atoms with Gasteiger partial charge in [0.2, 0.25) is 5.91 Å². The van der Waals surface area contributed by atoms with E-state index in [1.807, 2.05) is 46.9 Å². The molecule has 0 aliphatic carbocycles. The van der Waals surface area contributed by atoms with Gasteiger partial charge in [-0.1, -0.05) is 12.1 Å². The molecule has 5 heteroatoms. The second-order valence-corrected chi connectivity index (χ2v) is 5.94. The molecule has 0 saturated carbocycles. The Hall–Kier alpha value is -1.88. The van der Waals surface area contributed by atoms with Crippen LogP contribution in [-0.2, 0) is 4.79 Å². The quantitative estimate of drug-likeness (QED) is 0.870. The lowest BCUT2D eigenvalue weighted by atomic mass is 10.3. The van der Waals surface area contributed by atoms with Crippen molar-refractivity contribution < 1.29 is 9.53 Å². The molecule has 0 unspecified atom stereocenters. The van der Waals surface area contributed by atoms with E-state index in [-0.39, 0.29) is 11.3 Å². The number of aromatic nitrogens is 1. The molecule has 110 valence electrons. The second kappa shape index (κ2) is 5.85. The van der Waals surface area contributed by atoms with Crippen LogP contribution in [0.4, 0.5) is 0 Å². The maximum Gasteiger partial charge on any atom is 0.233 e. The molecule has 1 aliphatic rings. The fraction of sp³-hybridized carbons (Fsp3) is 0.312. The predicted octanol–water partition coefficient (Wildman–Crippen LogP) is 3.08. The van der Waals surface area contributed by atoms with Gasteiger partial charge >= 0.3 is 0 Å². The van der Waals surface area contributed by atoms with E-state index in [9.17, 15) is 4.79 Å². The normalized spacial score (nSPS) is 18.3. The highest BCUT2D eigenvalue weighted by Gasteiger charge is 2.32. The van der Waals surface area contributed by atoms with E-state index in [0.29, 0.717) is 5.75 Å². The third kappa shape index (κ3) is 2.53. The monoisotopic (exact) mass is 302 g/mol. The van der Waals surface area contributed by atoms with Gasteiger partial charge in [0.1, 0.15) is 11.1 Å². The SMILES string of the molecule is CCN1C(=O)CS[C@@H]1c1ccn(-c2ccccc2OC)c1. The zero-order valence-corrected chi connectivity index (χ0v) is 13.0. The minimum Gasteiger partial charge on any atom is -0.495 e. The highest BCUT2D eigenvalue weighted by atomic mass is 32.2. The Morgan fingerprint density at radius 3 is 2.90 bits per heavy atom. The maximum absolute atomic E-state index is 11.8. The minimum absolute atomic E-state index is 0.124. The van der Waals surface area contributed by atoms with Crippen molar-refractivity contribution in [1.29, 1.82) is 0 Å². The highest BCUT2D eigenvalue weighted by molar-refractivity contribution is 8.00. The Balaban J connectivity index is 1.92. The van der Waals surface area contributed by atoms with Gasteiger partial charge in [0.25, 0.3) is 0 Å². The van der Waals surface area contributed by atoms with E-state index < -0.39 is 0 Å². The van der Waals surface area contributed by atoms with Gasteiger partial charge in [-0.25, -0.2) is 0 Å². The van der Waals surface area contributed by atoms with Crippen molar-refractivity contribution in [2.24, 2.45) is 0 Å². The number of carbonyl (C=O) groups excluding carboxylic acids is 1. The molecule has 3 rings (SSSR count). The molecule has 2 heterocycles. The van der Waals surface area contributed by atoms with Gasteiger partial charge in [0, 0.05) is 24.5 Å². The first-order chi connectivity index (χ1) is 10.2. The number of hydrogen-bond acceptors (Lipinski definition) is 3. The number of ether oxygens (including phenoxy) is 1. The molecule has 4 nitrogen and oxygen atoms in total. The van der Waals surface area contributed by atoms with Crippen molar-refractivity contribution in [3.05, 3.63) is 48.3 Å². The average molecular weight is 302 g/mol. The predicted molar refractivity (Wildman–Crippen MR) is 84.9 cm³/mol. The molecular weight excluding hydrogens is 284 g/mol. The third-order valence-corrected chi connectivity index (χ3v) is 4.93. The van der Waals surface area contributed by atoms with Crippen molar-refractivity contribution in [3.8, 4) is 11.4 Å². The molecule has 1 atom stereocenters. The van der Waals surface area contributed by atoms with Gasteiger partial charge in [-0.3, -0.25) is 4.79 Å². The largest absolute Gasteiger partial charge is 0.495 e. The van der Waals surface area contributed by atoms with E-state index in [4.69, 9.17) is 4.74 Å². The Bertz CT molecular complexity index is 653. The number of hydrogen-bond donors (Lipinski definition) is 0. The highest BCUT2D eigenvalue weighted by Crippen LogP contribution is 2.39. The van der Waals surface area contributed by atoms with Crippen LogP contribution in [0.5, 0.6) is 5.75 Å². The van der Waals surface area contributed by atoms with Crippen molar-refractivity contribution in [1.82, 2.24) is 9.47 Å². The molecule has 0 N–H and O–H groups in total. The van der Waals surface area contributed by atoms with Gasteiger partial charge in [-0.05, 0) is 25.1 Å². The van der Waals surface area contributed by atoms with Crippen molar-refractivity contribution in [2.75, 3.05) is 19.4 Å².